The molecule has 0 saturated carbocycles. The summed E-state index contributed by atoms with van der Waals surface area (Å²) in [5, 5.41) is 5.13. The van der Waals surface area contributed by atoms with Gasteiger partial charge in [0.2, 0.25) is 0 Å². The quantitative estimate of drug-likeness (QED) is 0.187. The Morgan fingerprint density at radius 2 is 1.12 bits per heavy atom. The molecule has 0 spiro atoms. The summed E-state index contributed by atoms with van der Waals surface area (Å²) in [7, 11) is 0. The zero-order valence-corrected chi connectivity index (χ0v) is 27.6. The van der Waals surface area contributed by atoms with Gasteiger partial charge in [-0.2, -0.15) is 0 Å². The molecule has 9 aromatic rings. The number of anilines is 3. The van der Waals surface area contributed by atoms with Gasteiger partial charge in [0, 0.05) is 59.1 Å². The number of rotatable bonds is 4. The Morgan fingerprint density at radius 3 is 2.02 bits per heavy atom. The van der Waals surface area contributed by atoms with Gasteiger partial charge in [0.25, 0.3) is 0 Å². The van der Waals surface area contributed by atoms with Crippen LogP contribution in [0, 0.1) is 0 Å². The molecule has 0 saturated heterocycles. The van der Waals surface area contributed by atoms with E-state index < -0.39 is 0 Å². The molecule has 0 aliphatic heterocycles. The fraction of sp³-hybridized carbons (Fsp3) is 0.0667. The second-order valence-electron chi connectivity index (χ2n) is 13.4. The van der Waals surface area contributed by atoms with Crippen LogP contribution < -0.4 is 4.90 Å². The van der Waals surface area contributed by atoms with Crippen molar-refractivity contribution in [3.8, 4) is 16.8 Å². The summed E-state index contributed by atoms with van der Waals surface area (Å²) in [5.41, 5.74) is 12.5. The molecule has 0 atom stereocenters. The Bertz CT molecular complexity index is 2710. The van der Waals surface area contributed by atoms with Crippen molar-refractivity contribution in [3.05, 3.63) is 169 Å². The molecule has 0 unspecified atom stereocenters. The SMILES string of the molecule is CC1(C)c2ccccc2-c2cc(N(c3ccccc3)c3ccc4c(c3)c3ccccc3n4-c3ccc4sc5ccccc5c4c3)ccc21. The number of nitrogens with zero attached hydrogens (tertiary/aromatic N) is 2. The van der Waals surface area contributed by atoms with Crippen molar-refractivity contribution < 1.29 is 0 Å². The highest BCUT2D eigenvalue weighted by Crippen LogP contribution is 2.51. The Labute approximate surface area is 283 Å². The summed E-state index contributed by atoms with van der Waals surface area (Å²) in [6.07, 6.45) is 0. The molecule has 1 aliphatic carbocycles. The highest BCUT2D eigenvalue weighted by Gasteiger charge is 2.35. The number of fused-ring (bicyclic) bond motifs is 9. The number of thiophene rings is 1. The van der Waals surface area contributed by atoms with Gasteiger partial charge in [0.1, 0.15) is 0 Å². The molecular formula is C45H32N2S. The zero-order chi connectivity index (χ0) is 32.0. The summed E-state index contributed by atoms with van der Waals surface area (Å²) < 4.78 is 5.08. The van der Waals surface area contributed by atoms with E-state index >= 15 is 0 Å². The van der Waals surface area contributed by atoms with Gasteiger partial charge in [0.05, 0.1) is 11.0 Å². The van der Waals surface area contributed by atoms with E-state index in [9.17, 15) is 0 Å². The van der Waals surface area contributed by atoms with E-state index in [-0.39, 0.29) is 5.41 Å². The van der Waals surface area contributed by atoms with Crippen LogP contribution in [-0.4, -0.2) is 4.57 Å². The lowest BCUT2D eigenvalue weighted by Gasteiger charge is -2.27. The number of benzene rings is 7. The summed E-state index contributed by atoms with van der Waals surface area (Å²) in [4.78, 5) is 2.41. The van der Waals surface area contributed by atoms with Crippen LogP contribution in [-0.2, 0) is 5.41 Å². The lowest BCUT2D eigenvalue weighted by atomic mass is 9.82. The van der Waals surface area contributed by atoms with E-state index in [4.69, 9.17) is 0 Å². The molecule has 10 rings (SSSR count). The van der Waals surface area contributed by atoms with Crippen LogP contribution in [0.15, 0.2) is 158 Å². The fourth-order valence-corrected chi connectivity index (χ4v) is 9.19. The normalized spacial score (nSPS) is 13.4. The first-order valence-electron chi connectivity index (χ1n) is 16.6. The summed E-state index contributed by atoms with van der Waals surface area (Å²) in [6, 6.07) is 58.1. The van der Waals surface area contributed by atoms with Crippen LogP contribution in [0.1, 0.15) is 25.0 Å². The van der Waals surface area contributed by atoms with E-state index in [1.54, 1.807) is 0 Å². The van der Waals surface area contributed by atoms with Gasteiger partial charge in [0.15, 0.2) is 0 Å². The molecule has 2 nitrogen and oxygen atoms in total. The van der Waals surface area contributed by atoms with E-state index in [1.165, 1.54) is 69.9 Å². The molecule has 228 valence electrons. The van der Waals surface area contributed by atoms with E-state index in [1.807, 2.05) is 11.3 Å². The van der Waals surface area contributed by atoms with E-state index in [2.05, 4.69) is 181 Å². The maximum absolute atomic E-state index is 2.43. The van der Waals surface area contributed by atoms with Gasteiger partial charge in [-0.3, -0.25) is 0 Å². The Morgan fingerprint density at radius 1 is 0.458 bits per heavy atom. The van der Waals surface area contributed by atoms with Gasteiger partial charge in [-0.1, -0.05) is 98.8 Å². The molecule has 0 fully saturated rings. The van der Waals surface area contributed by atoms with Crippen LogP contribution in [0.3, 0.4) is 0 Å². The third-order valence-electron chi connectivity index (χ3n) is 10.4. The maximum atomic E-state index is 2.43. The number of para-hydroxylation sites is 2. The molecule has 2 aromatic heterocycles. The Hall–Kier alpha value is -5.64. The first-order valence-corrected chi connectivity index (χ1v) is 17.4. The van der Waals surface area contributed by atoms with E-state index in [0.717, 1.165) is 17.1 Å². The molecule has 48 heavy (non-hydrogen) atoms. The molecule has 0 amide bonds. The molecule has 0 bridgehead atoms. The molecule has 0 radical (unpaired) electrons. The molecule has 7 aromatic carbocycles. The van der Waals surface area contributed by atoms with Crippen molar-refractivity contribution in [2.75, 3.05) is 4.90 Å². The topological polar surface area (TPSA) is 8.17 Å². The first-order chi connectivity index (χ1) is 23.6. The molecule has 0 N–H and O–H groups in total. The highest BCUT2D eigenvalue weighted by atomic mass is 32.1. The van der Waals surface area contributed by atoms with E-state index in [0.29, 0.717) is 0 Å². The zero-order valence-electron chi connectivity index (χ0n) is 26.8. The minimum absolute atomic E-state index is 0.0267. The summed E-state index contributed by atoms with van der Waals surface area (Å²) in [6.45, 7) is 4.68. The van der Waals surface area contributed by atoms with Crippen molar-refractivity contribution in [1.29, 1.82) is 0 Å². The monoisotopic (exact) mass is 632 g/mol. The number of hydrogen-bond acceptors (Lipinski definition) is 2. The van der Waals surface area contributed by atoms with Crippen molar-refractivity contribution in [1.82, 2.24) is 4.57 Å². The molecule has 3 heteroatoms. The van der Waals surface area contributed by atoms with Crippen molar-refractivity contribution in [2.24, 2.45) is 0 Å². The van der Waals surface area contributed by atoms with Crippen LogP contribution in [0.4, 0.5) is 17.1 Å². The second-order valence-corrected chi connectivity index (χ2v) is 14.5. The average Bonchev–Trinajstić information content (AvgIpc) is 3.74. The third kappa shape index (κ3) is 3.92. The van der Waals surface area contributed by atoms with Crippen LogP contribution in [0.2, 0.25) is 0 Å². The average molecular weight is 633 g/mol. The minimum Gasteiger partial charge on any atom is -0.310 e. The summed E-state index contributed by atoms with van der Waals surface area (Å²) in [5.74, 6) is 0. The first kappa shape index (κ1) is 27.5. The smallest absolute Gasteiger partial charge is 0.0542 e. The third-order valence-corrected chi connectivity index (χ3v) is 11.5. The maximum Gasteiger partial charge on any atom is 0.0542 e. The lowest BCUT2D eigenvalue weighted by molar-refractivity contribution is 0.660. The van der Waals surface area contributed by atoms with Gasteiger partial charge in [-0.05, 0) is 95.1 Å². The van der Waals surface area contributed by atoms with Gasteiger partial charge in [-0.15, -0.1) is 11.3 Å². The van der Waals surface area contributed by atoms with Crippen LogP contribution >= 0.6 is 11.3 Å². The Balaban J connectivity index is 1.18. The van der Waals surface area contributed by atoms with Crippen LogP contribution in [0.25, 0.3) is 58.8 Å². The molecule has 1 aliphatic rings. The summed E-state index contributed by atoms with van der Waals surface area (Å²) >= 11 is 1.86. The van der Waals surface area contributed by atoms with Crippen molar-refractivity contribution in [3.63, 3.8) is 0 Å². The predicted octanol–water partition coefficient (Wildman–Crippen LogP) is 12.9. The van der Waals surface area contributed by atoms with Crippen molar-refractivity contribution >= 4 is 70.4 Å². The van der Waals surface area contributed by atoms with Crippen LogP contribution in [0.5, 0.6) is 0 Å². The standard InChI is InChI=1S/C45H32N2S/c1-45(2)39-17-9-6-14-33(39)36-26-30(20-23-40(36)45)46(29-12-4-3-5-13-29)31-21-24-42-37(27-31)34-15-7-10-18-41(34)47(42)32-22-25-44-38(28-32)35-16-8-11-19-43(35)48-44/h3-28H,1-2H3. The number of aromatic nitrogens is 1. The Kier molecular flexibility index (Phi) is 5.82. The minimum atomic E-state index is -0.0267. The van der Waals surface area contributed by atoms with Crippen molar-refractivity contribution in [2.45, 2.75) is 19.3 Å². The number of hydrogen-bond donors (Lipinski definition) is 0. The largest absolute Gasteiger partial charge is 0.310 e. The predicted molar refractivity (Wildman–Crippen MR) is 206 cm³/mol. The second kappa shape index (κ2) is 10.2. The highest BCUT2D eigenvalue weighted by molar-refractivity contribution is 7.25. The fourth-order valence-electron chi connectivity index (χ4n) is 8.10. The lowest BCUT2D eigenvalue weighted by Crippen LogP contribution is -2.15. The molecular weight excluding hydrogens is 601 g/mol. The van der Waals surface area contributed by atoms with Gasteiger partial charge < -0.3 is 9.47 Å². The van der Waals surface area contributed by atoms with Gasteiger partial charge in [-0.25, -0.2) is 0 Å². The molecule has 2 heterocycles. The van der Waals surface area contributed by atoms with Gasteiger partial charge >= 0.3 is 0 Å².